The van der Waals surface area contributed by atoms with E-state index >= 15 is 0 Å². The first-order valence-corrected chi connectivity index (χ1v) is 7.15. The van der Waals surface area contributed by atoms with E-state index < -0.39 is 0 Å². The normalized spacial score (nSPS) is 10.4. The topological polar surface area (TPSA) is 50.3 Å². The third-order valence-electron chi connectivity index (χ3n) is 3.09. The van der Waals surface area contributed by atoms with Crippen molar-refractivity contribution in [2.75, 3.05) is 37.0 Å². The molecule has 0 radical (unpaired) electrons. The highest BCUT2D eigenvalue weighted by molar-refractivity contribution is 5.60. The van der Waals surface area contributed by atoms with Crippen molar-refractivity contribution >= 4 is 17.5 Å². The Kier molecular flexibility index (Phi) is 5.51. The van der Waals surface area contributed by atoms with E-state index in [-0.39, 0.29) is 0 Å². The van der Waals surface area contributed by atoms with Crippen LogP contribution in [0.3, 0.4) is 0 Å². The number of aromatic nitrogens is 2. The quantitative estimate of drug-likeness (QED) is 0.793. The van der Waals surface area contributed by atoms with Crippen LogP contribution in [0.2, 0.25) is 0 Å². The lowest BCUT2D eigenvalue weighted by atomic mass is 10.2. The number of aryl methyl sites for hydroxylation is 1. The molecule has 0 aliphatic heterocycles. The van der Waals surface area contributed by atoms with Crippen molar-refractivity contribution in [1.82, 2.24) is 9.97 Å². The Morgan fingerprint density at radius 1 is 1.19 bits per heavy atom. The summed E-state index contributed by atoms with van der Waals surface area (Å²) in [5, 5.41) is 3.18. The minimum Gasteiger partial charge on any atom is -0.383 e. The molecule has 0 aliphatic rings. The van der Waals surface area contributed by atoms with Gasteiger partial charge < -0.3 is 15.0 Å². The maximum atomic E-state index is 5.03. The summed E-state index contributed by atoms with van der Waals surface area (Å²) in [6.45, 7) is 6.26. The molecule has 1 heterocycles. The van der Waals surface area contributed by atoms with Crippen LogP contribution in [0.25, 0.3) is 0 Å². The highest BCUT2D eigenvalue weighted by atomic mass is 16.5. The van der Waals surface area contributed by atoms with Gasteiger partial charge in [-0.25, -0.2) is 4.98 Å². The van der Waals surface area contributed by atoms with Gasteiger partial charge in [0.1, 0.15) is 5.82 Å². The van der Waals surface area contributed by atoms with Crippen LogP contribution in [0.1, 0.15) is 12.6 Å². The second kappa shape index (κ2) is 7.59. The molecule has 1 aromatic carbocycles. The molecule has 0 spiro atoms. The van der Waals surface area contributed by atoms with Gasteiger partial charge in [0, 0.05) is 37.6 Å². The summed E-state index contributed by atoms with van der Waals surface area (Å²) < 4.78 is 5.03. The van der Waals surface area contributed by atoms with Gasteiger partial charge in [0.15, 0.2) is 0 Å². The molecule has 0 saturated heterocycles. The number of rotatable bonds is 7. The zero-order valence-electron chi connectivity index (χ0n) is 12.8. The number of anilines is 3. The average Bonchev–Trinajstić information content (AvgIpc) is 2.49. The second-order valence-corrected chi connectivity index (χ2v) is 4.69. The summed E-state index contributed by atoms with van der Waals surface area (Å²) in [7, 11) is 1.68. The predicted molar refractivity (Wildman–Crippen MR) is 86.3 cm³/mol. The van der Waals surface area contributed by atoms with E-state index in [1.165, 1.54) is 0 Å². The van der Waals surface area contributed by atoms with Crippen LogP contribution in [0.4, 0.5) is 17.5 Å². The lowest BCUT2D eigenvalue weighted by Gasteiger charge is -2.22. The SMILES string of the molecule is CCN(c1ccccc1)c1cc(C)nc(NCCOC)n1. The number of methoxy groups -OCH3 is 1. The molecule has 21 heavy (non-hydrogen) atoms. The van der Waals surface area contributed by atoms with Crippen LogP contribution in [0.15, 0.2) is 36.4 Å². The smallest absolute Gasteiger partial charge is 0.224 e. The van der Waals surface area contributed by atoms with Gasteiger partial charge in [-0.05, 0) is 26.0 Å². The molecule has 0 aliphatic carbocycles. The first-order valence-electron chi connectivity index (χ1n) is 7.15. The Bertz CT molecular complexity index is 559. The van der Waals surface area contributed by atoms with E-state index in [1.807, 2.05) is 31.2 Å². The molecule has 0 unspecified atom stereocenters. The van der Waals surface area contributed by atoms with Crippen LogP contribution >= 0.6 is 0 Å². The molecule has 0 fully saturated rings. The first-order chi connectivity index (χ1) is 10.2. The number of ether oxygens (including phenoxy) is 1. The van der Waals surface area contributed by atoms with Gasteiger partial charge in [-0.1, -0.05) is 18.2 Å². The zero-order valence-corrected chi connectivity index (χ0v) is 12.8. The molecule has 0 saturated carbocycles. The van der Waals surface area contributed by atoms with E-state index in [0.717, 1.165) is 23.7 Å². The van der Waals surface area contributed by atoms with Crippen molar-refractivity contribution in [3.8, 4) is 0 Å². The monoisotopic (exact) mass is 286 g/mol. The lowest BCUT2D eigenvalue weighted by molar-refractivity contribution is 0.210. The van der Waals surface area contributed by atoms with Crippen LogP contribution in [0.5, 0.6) is 0 Å². The van der Waals surface area contributed by atoms with E-state index in [0.29, 0.717) is 19.1 Å². The summed E-state index contributed by atoms with van der Waals surface area (Å²) in [5.41, 5.74) is 2.07. The Hall–Kier alpha value is -2.14. The molecule has 0 atom stereocenters. The van der Waals surface area contributed by atoms with E-state index in [1.54, 1.807) is 7.11 Å². The maximum absolute atomic E-state index is 5.03. The number of para-hydroxylation sites is 1. The van der Waals surface area contributed by atoms with Gasteiger partial charge in [-0.15, -0.1) is 0 Å². The second-order valence-electron chi connectivity index (χ2n) is 4.69. The minimum atomic E-state index is 0.628. The summed E-state index contributed by atoms with van der Waals surface area (Å²) >= 11 is 0. The molecule has 1 aromatic heterocycles. The van der Waals surface area contributed by atoms with Crippen molar-refractivity contribution in [3.05, 3.63) is 42.1 Å². The van der Waals surface area contributed by atoms with E-state index in [2.05, 4.69) is 39.2 Å². The molecule has 5 nitrogen and oxygen atoms in total. The summed E-state index contributed by atoms with van der Waals surface area (Å²) in [5.74, 6) is 1.53. The van der Waals surface area contributed by atoms with Crippen LogP contribution in [0, 0.1) is 6.92 Å². The fraction of sp³-hybridized carbons (Fsp3) is 0.375. The molecular weight excluding hydrogens is 264 g/mol. The Balaban J connectivity index is 2.25. The first kappa shape index (κ1) is 15.3. The van der Waals surface area contributed by atoms with Gasteiger partial charge >= 0.3 is 0 Å². The van der Waals surface area contributed by atoms with Crippen LogP contribution < -0.4 is 10.2 Å². The van der Waals surface area contributed by atoms with Gasteiger partial charge in [0.2, 0.25) is 5.95 Å². The molecular formula is C16H22N4O. The van der Waals surface area contributed by atoms with Crippen LogP contribution in [-0.4, -0.2) is 36.8 Å². The number of hydrogen-bond acceptors (Lipinski definition) is 5. The molecule has 1 N–H and O–H groups in total. The number of nitrogens with one attached hydrogen (secondary N) is 1. The van der Waals surface area contributed by atoms with E-state index in [4.69, 9.17) is 4.74 Å². The van der Waals surface area contributed by atoms with Gasteiger partial charge in [0.25, 0.3) is 0 Å². The summed E-state index contributed by atoms with van der Waals surface area (Å²) in [4.78, 5) is 11.2. The summed E-state index contributed by atoms with van der Waals surface area (Å²) in [6, 6.07) is 12.2. The molecule has 5 heteroatoms. The largest absolute Gasteiger partial charge is 0.383 e. The van der Waals surface area contributed by atoms with Crippen molar-refractivity contribution in [3.63, 3.8) is 0 Å². The molecule has 2 rings (SSSR count). The number of hydrogen-bond donors (Lipinski definition) is 1. The Morgan fingerprint density at radius 2 is 1.95 bits per heavy atom. The maximum Gasteiger partial charge on any atom is 0.224 e. The predicted octanol–water partition coefficient (Wildman–Crippen LogP) is 3.00. The molecule has 2 aromatic rings. The van der Waals surface area contributed by atoms with E-state index in [9.17, 15) is 0 Å². The highest BCUT2D eigenvalue weighted by Crippen LogP contribution is 2.24. The molecule has 0 bridgehead atoms. The van der Waals surface area contributed by atoms with Crippen molar-refractivity contribution in [2.24, 2.45) is 0 Å². The number of nitrogens with zero attached hydrogens (tertiary/aromatic N) is 3. The van der Waals surface area contributed by atoms with Crippen molar-refractivity contribution in [2.45, 2.75) is 13.8 Å². The molecule has 0 amide bonds. The lowest BCUT2D eigenvalue weighted by Crippen LogP contribution is -2.19. The van der Waals surface area contributed by atoms with Crippen LogP contribution in [-0.2, 0) is 4.74 Å². The summed E-state index contributed by atoms with van der Waals surface area (Å²) in [6.07, 6.45) is 0. The zero-order chi connectivity index (χ0) is 15.1. The van der Waals surface area contributed by atoms with Crippen molar-refractivity contribution in [1.29, 1.82) is 0 Å². The fourth-order valence-electron chi connectivity index (χ4n) is 2.12. The Morgan fingerprint density at radius 3 is 2.62 bits per heavy atom. The fourth-order valence-corrected chi connectivity index (χ4v) is 2.12. The molecule has 112 valence electrons. The third kappa shape index (κ3) is 4.16. The Labute approximate surface area is 126 Å². The van der Waals surface area contributed by atoms with Gasteiger partial charge in [0.05, 0.1) is 6.61 Å². The third-order valence-corrected chi connectivity index (χ3v) is 3.09. The van der Waals surface area contributed by atoms with Gasteiger partial charge in [-0.3, -0.25) is 0 Å². The highest BCUT2D eigenvalue weighted by Gasteiger charge is 2.10. The van der Waals surface area contributed by atoms with Gasteiger partial charge in [-0.2, -0.15) is 4.98 Å². The minimum absolute atomic E-state index is 0.628. The van der Waals surface area contributed by atoms with Crippen molar-refractivity contribution < 1.29 is 4.74 Å². The standard InChI is InChI=1S/C16H22N4O/c1-4-20(14-8-6-5-7-9-14)15-12-13(2)18-16(19-15)17-10-11-21-3/h5-9,12H,4,10-11H2,1-3H3,(H,17,18,19). The number of benzene rings is 1. The average molecular weight is 286 g/mol.